The second-order valence-corrected chi connectivity index (χ2v) is 2.82. The van der Waals surface area contributed by atoms with Gasteiger partial charge in [-0.1, -0.05) is 20.3 Å². The molecule has 1 N–H and O–H groups in total. The number of esters is 1. The van der Waals surface area contributed by atoms with Crippen molar-refractivity contribution in [2.75, 3.05) is 6.61 Å². The molecule has 0 bridgehead atoms. The van der Waals surface area contributed by atoms with Crippen LogP contribution in [-0.4, -0.2) is 23.7 Å². The number of aliphatic carboxylic acids is 1. The molecule has 0 heterocycles. The van der Waals surface area contributed by atoms with Crippen molar-refractivity contribution in [1.82, 2.24) is 0 Å². The summed E-state index contributed by atoms with van der Waals surface area (Å²) < 4.78 is 4.76. The van der Waals surface area contributed by atoms with Crippen molar-refractivity contribution >= 4 is 11.9 Å². The predicted octanol–water partition coefficient (Wildman–Crippen LogP) is 1.22. The van der Waals surface area contributed by atoms with Gasteiger partial charge in [0.05, 0.1) is 6.61 Å². The Hall–Kier alpha value is -1.32. The lowest BCUT2D eigenvalue weighted by Crippen LogP contribution is -2.09. The zero-order chi connectivity index (χ0) is 10.3. The number of carboxylic acid groups (broad SMARTS) is 1. The van der Waals surface area contributed by atoms with Crippen molar-refractivity contribution in [2.24, 2.45) is 5.92 Å². The number of carbonyl (C=O) groups excluding carboxylic acids is 1. The van der Waals surface area contributed by atoms with Gasteiger partial charge in [0.2, 0.25) is 0 Å². The van der Waals surface area contributed by atoms with Crippen LogP contribution in [0.5, 0.6) is 0 Å². The summed E-state index contributed by atoms with van der Waals surface area (Å²) in [6.45, 7) is 4.28. The minimum atomic E-state index is -1.15. The fourth-order valence-electron chi connectivity index (χ4n) is 0.530. The fraction of sp³-hybridized carbons (Fsp3) is 0.556. The zero-order valence-corrected chi connectivity index (χ0v) is 7.82. The number of hydrogen-bond donors (Lipinski definition) is 1. The minimum Gasteiger partial charge on any atom is -0.478 e. The van der Waals surface area contributed by atoms with Crippen molar-refractivity contribution in [3.63, 3.8) is 0 Å². The van der Waals surface area contributed by atoms with E-state index < -0.39 is 11.9 Å². The molecule has 0 aliphatic heterocycles. The third kappa shape index (κ3) is 7.05. The van der Waals surface area contributed by atoms with Crippen LogP contribution >= 0.6 is 0 Å². The molecule has 4 heteroatoms. The van der Waals surface area contributed by atoms with Crippen LogP contribution in [0, 0.1) is 5.92 Å². The molecule has 0 saturated heterocycles. The third-order valence-electron chi connectivity index (χ3n) is 1.57. The average molecular weight is 186 g/mol. The Morgan fingerprint density at radius 1 is 1.46 bits per heavy atom. The van der Waals surface area contributed by atoms with E-state index in [1.165, 1.54) is 0 Å². The molecule has 1 atom stereocenters. The van der Waals surface area contributed by atoms with E-state index in [1.54, 1.807) is 0 Å². The third-order valence-corrected chi connectivity index (χ3v) is 1.57. The second-order valence-electron chi connectivity index (χ2n) is 2.82. The maximum absolute atomic E-state index is 10.8. The Kier molecular flexibility index (Phi) is 5.59. The first-order valence-corrected chi connectivity index (χ1v) is 4.14. The molecule has 0 aromatic carbocycles. The molecule has 0 amide bonds. The first-order valence-electron chi connectivity index (χ1n) is 4.14. The SMILES string of the molecule is CCC(C)COC(=O)C=CC(=O)O. The molecule has 0 fully saturated rings. The van der Waals surface area contributed by atoms with E-state index in [4.69, 9.17) is 9.84 Å². The summed E-state index contributed by atoms with van der Waals surface area (Å²) in [5.74, 6) is -1.45. The van der Waals surface area contributed by atoms with E-state index in [-0.39, 0.29) is 0 Å². The summed E-state index contributed by atoms with van der Waals surface area (Å²) in [5.41, 5.74) is 0. The molecule has 0 rings (SSSR count). The molecule has 0 saturated carbocycles. The van der Waals surface area contributed by atoms with E-state index in [1.807, 2.05) is 13.8 Å². The van der Waals surface area contributed by atoms with Gasteiger partial charge in [0.15, 0.2) is 0 Å². The summed E-state index contributed by atoms with van der Waals surface area (Å²) in [6.07, 6.45) is 2.60. The standard InChI is InChI=1S/C9H14O4/c1-3-7(2)6-13-9(12)5-4-8(10)11/h4-5,7H,3,6H2,1-2H3,(H,10,11). The molecule has 0 aromatic rings. The minimum absolute atomic E-state index is 0.308. The number of carbonyl (C=O) groups is 2. The van der Waals surface area contributed by atoms with E-state index >= 15 is 0 Å². The first kappa shape index (κ1) is 11.7. The highest BCUT2D eigenvalue weighted by Gasteiger charge is 2.02. The van der Waals surface area contributed by atoms with Crippen molar-refractivity contribution in [1.29, 1.82) is 0 Å². The summed E-state index contributed by atoms with van der Waals surface area (Å²) >= 11 is 0. The smallest absolute Gasteiger partial charge is 0.331 e. The van der Waals surface area contributed by atoms with Gasteiger partial charge in [-0.15, -0.1) is 0 Å². The second kappa shape index (κ2) is 6.22. The molecule has 0 aliphatic rings. The molecular formula is C9H14O4. The van der Waals surface area contributed by atoms with Crippen molar-refractivity contribution in [2.45, 2.75) is 20.3 Å². The van der Waals surface area contributed by atoms with Crippen LogP contribution in [0.3, 0.4) is 0 Å². The molecule has 74 valence electrons. The topological polar surface area (TPSA) is 63.6 Å². The highest BCUT2D eigenvalue weighted by molar-refractivity contribution is 5.90. The fourth-order valence-corrected chi connectivity index (χ4v) is 0.530. The predicted molar refractivity (Wildman–Crippen MR) is 47.2 cm³/mol. The van der Waals surface area contributed by atoms with Crippen molar-refractivity contribution in [3.8, 4) is 0 Å². The molecule has 13 heavy (non-hydrogen) atoms. The van der Waals surface area contributed by atoms with E-state index in [0.717, 1.165) is 18.6 Å². The Morgan fingerprint density at radius 2 is 2.08 bits per heavy atom. The van der Waals surface area contributed by atoms with Gasteiger partial charge in [-0.25, -0.2) is 9.59 Å². The van der Waals surface area contributed by atoms with Gasteiger partial charge in [-0.3, -0.25) is 0 Å². The molecule has 0 radical (unpaired) electrons. The first-order chi connectivity index (χ1) is 6.06. The maximum Gasteiger partial charge on any atom is 0.331 e. The lowest BCUT2D eigenvalue weighted by atomic mass is 10.1. The van der Waals surface area contributed by atoms with Gasteiger partial charge in [-0.2, -0.15) is 0 Å². The quantitative estimate of drug-likeness (QED) is 0.518. The number of carboxylic acids is 1. The van der Waals surface area contributed by atoms with Gasteiger partial charge in [0, 0.05) is 12.2 Å². The Morgan fingerprint density at radius 3 is 2.54 bits per heavy atom. The highest BCUT2D eigenvalue weighted by atomic mass is 16.5. The van der Waals surface area contributed by atoms with Crippen LogP contribution in [0.25, 0.3) is 0 Å². The van der Waals surface area contributed by atoms with Gasteiger partial charge in [0.25, 0.3) is 0 Å². The van der Waals surface area contributed by atoms with Gasteiger partial charge in [0.1, 0.15) is 0 Å². The maximum atomic E-state index is 10.8. The number of hydrogen-bond acceptors (Lipinski definition) is 3. The van der Waals surface area contributed by atoms with Crippen LogP contribution in [0.2, 0.25) is 0 Å². The molecule has 0 spiro atoms. The summed E-state index contributed by atoms with van der Waals surface area (Å²) in [4.78, 5) is 20.8. The molecule has 4 nitrogen and oxygen atoms in total. The van der Waals surface area contributed by atoms with Crippen LogP contribution in [0.4, 0.5) is 0 Å². The largest absolute Gasteiger partial charge is 0.478 e. The van der Waals surface area contributed by atoms with Crippen LogP contribution in [-0.2, 0) is 14.3 Å². The Bertz CT molecular complexity index is 208. The normalized spacial score (nSPS) is 12.8. The van der Waals surface area contributed by atoms with E-state index in [0.29, 0.717) is 12.5 Å². The van der Waals surface area contributed by atoms with Gasteiger partial charge in [-0.05, 0) is 5.92 Å². The van der Waals surface area contributed by atoms with Crippen LogP contribution in [0.1, 0.15) is 20.3 Å². The lowest BCUT2D eigenvalue weighted by Gasteiger charge is -2.06. The van der Waals surface area contributed by atoms with E-state index in [9.17, 15) is 9.59 Å². The summed E-state index contributed by atoms with van der Waals surface area (Å²) in [6, 6.07) is 0. The summed E-state index contributed by atoms with van der Waals surface area (Å²) in [5, 5.41) is 8.19. The van der Waals surface area contributed by atoms with Gasteiger partial charge < -0.3 is 9.84 Å². The molecule has 1 unspecified atom stereocenters. The molecule has 0 aromatic heterocycles. The lowest BCUT2D eigenvalue weighted by molar-refractivity contribution is -0.139. The number of ether oxygens (including phenoxy) is 1. The highest BCUT2D eigenvalue weighted by Crippen LogP contribution is 2.00. The zero-order valence-electron chi connectivity index (χ0n) is 7.82. The van der Waals surface area contributed by atoms with Gasteiger partial charge >= 0.3 is 11.9 Å². The van der Waals surface area contributed by atoms with Crippen molar-refractivity contribution < 1.29 is 19.4 Å². The van der Waals surface area contributed by atoms with Crippen LogP contribution in [0.15, 0.2) is 12.2 Å². The van der Waals surface area contributed by atoms with E-state index in [2.05, 4.69) is 0 Å². The molecular weight excluding hydrogens is 172 g/mol. The average Bonchev–Trinajstić information content (AvgIpc) is 2.10. The number of rotatable bonds is 5. The van der Waals surface area contributed by atoms with Crippen LogP contribution < -0.4 is 0 Å². The monoisotopic (exact) mass is 186 g/mol. The molecule has 0 aliphatic carbocycles. The Labute approximate surface area is 77.2 Å². The summed E-state index contributed by atoms with van der Waals surface area (Å²) in [7, 11) is 0. The Balaban J connectivity index is 3.69. The van der Waals surface area contributed by atoms with Crippen molar-refractivity contribution in [3.05, 3.63) is 12.2 Å².